The normalized spacial score (nSPS) is 11.9. The fourth-order valence-corrected chi connectivity index (χ4v) is 1.99. The van der Waals surface area contributed by atoms with E-state index in [9.17, 15) is 10.1 Å². The quantitative estimate of drug-likeness (QED) is 0.647. The van der Waals surface area contributed by atoms with Crippen molar-refractivity contribution in [2.75, 3.05) is 12.4 Å². The van der Waals surface area contributed by atoms with E-state index in [0.29, 0.717) is 12.1 Å². The number of nitro benzene ring substituents is 1. The summed E-state index contributed by atoms with van der Waals surface area (Å²) in [5.41, 5.74) is 0.624. The third kappa shape index (κ3) is 3.28. The monoisotopic (exact) mass is 276 g/mol. The van der Waals surface area contributed by atoms with Crippen molar-refractivity contribution in [2.45, 2.75) is 19.4 Å². The number of hydrogen-bond donors (Lipinski definition) is 1. The topological polar surface area (TPSA) is 77.5 Å². The molecular formula is C14H16N2O4. The van der Waals surface area contributed by atoms with Gasteiger partial charge in [-0.1, -0.05) is 0 Å². The summed E-state index contributed by atoms with van der Waals surface area (Å²) in [6.07, 6.45) is 2.33. The lowest BCUT2D eigenvalue weighted by Crippen LogP contribution is -2.17. The molecule has 0 bridgehead atoms. The summed E-state index contributed by atoms with van der Waals surface area (Å²) < 4.78 is 10.2. The molecule has 1 aromatic carbocycles. The number of benzene rings is 1. The predicted molar refractivity (Wildman–Crippen MR) is 75.1 cm³/mol. The molecule has 106 valence electrons. The van der Waals surface area contributed by atoms with Gasteiger partial charge in [0, 0.05) is 24.2 Å². The number of nitrogens with one attached hydrogen (secondary N) is 1. The van der Waals surface area contributed by atoms with Crippen LogP contribution in [-0.2, 0) is 6.42 Å². The molecule has 1 N–H and O–H groups in total. The van der Waals surface area contributed by atoms with Crippen molar-refractivity contribution in [1.82, 2.24) is 0 Å². The first-order valence-electron chi connectivity index (χ1n) is 6.21. The number of rotatable bonds is 6. The van der Waals surface area contributed by atoms with Gasteiger partial charge in [0.05, 0.1) is 18.3 Å². The predicted octanol–water partition coefficient (Wildman–Crippen LogP) is 3.24. The van der Waals surface area contributed by atoms with Crippen LogP contribution in [0.2, 0.25) is 0 Å². The summed E-state index contributed by atoms with van der Waals surface area (Å²) in [7, 11) is 1.41. The first-order valence-corrected chi connectivity index (χ1v) is 6.21. The van der Waals surface area contributed by atoms with E-state index < -0.39 is 4.92 Å². The Hall–Kier alpha value is -2.50. The second kappa shape index (κ2) is 6.10. The molecule has 0 fully saturated rings. The molecule has 20 heavy (non-hydrogen) atoms. The SMILES string of the molecule is COc1ccc(NC(C)Cc2ccco2)cc1[N+](=O)[O-]. The van der Waals surface area contributed by atoms with Crippen LogP contribution < -0.4 is 10.1 Å². The molecule has 0 radical (unpaired) electrons. The highest BCUT2D eigenvalue weighted by Gasteiger charge is 2.16. The lowest BCUT2D eigenvalue weighted by molar-refractivity contribution is -0.385. The van der Waals surface area contributed by atoms with Crippen LogP contribution in [0.15, 0.2) is 41.0 Å². The Bertz CT molecular complexity index is 581. The molecule has 0 saturated carbocycles. The van der Waals surface area contributed by atoms with E-state index >= 15 is 0 Å². The van der Waals surface area contributed by atoms with Crippen LogP contribution in [0.25, 0.3) is 0 Å². The van der Waals surface area contributed by atoms with Gasteiger partial charge in [0.1, 0.15) is 5.76 Å². The zero-order chi connectivity index (χ0) is 14.5. The molecule has 0 amide bonds. The zero-order valence-electron chi connectivity index (χ0n) is 11.3. The average Bonchev–Trinajstić information content (AvgIpc) is 2.91. The van der Waals surface area contributed by atoms with Gasteiger partial charge in [0.25, 0.3) is 0 Å². The summed E-state index contributed by atoms with van der Waals surface area (Å²) in [4.78, 5) is 10.5. The van der Waals surface area contributed by atoms with Crippen LogP contribution in [0.4, 0.5) is 11.4 Å². The first kappa shape index (κ1) is 13.9. The highest BCUT2D eigenvalue weighted by atomic mass is 16.6. The Morgan fingerprint density at radius 2 is 2.25 bits per heavy atom. The molecular weight excluding hydrogens is 260 g/mol. The van der Waals surface area contributed by atoms with Crippen LogP contribution in [-0.4, -0.2) is 18.1 Å². The Kier molecular flexibility index (Phi) is 4.24. The van der Waals surface area contributed by atoms with Gasteiger partial charge in [0.2, 0.25) is 0 Å². The van der Waals surface area contributed by atoms with Gasteiger partial charge in [-0.05, 0) is 31.2 Å². The summed E-state index contributed by atoms with van der Waals surface area (Å²) >= 11 is 0. The second-order valence-corrected chi connectivity index (χ2v) is 4.47. The smallest absolute Gasteiger partial charge is 0.312 e. The Morgan fingerprint density at radius 3 is 2.85 bits per heavy atom. The highest BCUT2D eigenvalue weighted by molar-refractivity contribution is 5.58. The minimum Gasteiger partial charge on any atom is -0.490 e. The van der Waals surface area contributed by atoms with Crippen LogP contribution in [0.5, 0.6) is 5.75 Å². The average molecular weight is 276 g/mol. The number of anilines is 1. The number of furan rings is 1. The molecule has 0 aliphatic heterocycles. The standard InChI is InChI=1S/C14H16N2O4/c1-10(8-12-4-3-7-20-12)15-11-5-6-14(19-2)13(9-11)16(17)18/h3-7,9-10,15H,8H2,1-2H3. The number of methoxy groups -OCH3 is 1. The van der Waals surface area contributed by atoms with E-state index in [4.69, 9.17) is 9.15 Å². The van der Waals surface area contributed by atoms with Crippen molar-refractivity contribution in [2.24, 2.45) is 0 Å². The number of ether oxygens (including phenoxy) is 1. The first-order chi connectivity index (χ1) is 9.60. The molecule has 2 aromatic rings. The Morgan fingerprint density at radius 1 is 1.45 bits per heavy atom. The maximum absolute atomic E-state index is 11.0. The van der Waals surface area contributed by atoms with Gasteiger partial charge in [-0.15, -0.1) is 0 Å². The third-order valence-electron chi connectivity index (χ3n) is 2.88. The highest BCUT2D eigenvalue weighted by Crippen LogP contribution is 2.30. The van der Waals surface area contributed by atoms with E-state index in [0.717, 1.165) is 5.76 Å². The van der Waals surface area contributed by atoms with Crippen molar-refractivity contribution in [3.05, 3.63) is 52.5 Å². The molecule has 1 unspecified atom stereocenters. The minimum absolute atomic E-state index is 0.0531. The van der Waals surface area contributed by atoms with Gasteiger partial charge < -0.3 is 14.5 Å². The van der Waals surface area contributed by atoms with Crippen LogP contribution in [0.3, 0.4) is 0 Å². The molecule has 0 spiro atoms. The summed E-state index contributed by atoms with van der Waals surface area (Å²) in [5.74, 6) is 1.12. The van der Waals surface area contributed by atoms with Crippen molar-refractivity contribution < 1.29 is 14.1 Å². The zero-order valence-corrected chi connectivity index (χ0v) is 11.3. The van der Waals surface area contributed by atoms with Gasteiger partial charge in [0.15, 0.2) is 5.75 Å². The summed E-state index contributed by atoms with van der Waals surface area (Å²) in [5, 5.41) is 14.2. The van der Waals surface area contributed by atoms with Crippen LogP contribution in [0, 0.1) is 10.1 Å². The Balaban J connectivity index is 2.09. The molecule has 0 saturated heterocycles. The van der Waals surface area contributed by atoms with E-state index in [1.165, 1.54) is 13.2 Å². The number of nitro groups is 1. The third-order valence-corrected chi connectivity index (χ3v) is 2.88. The fraction of sp³-hybridized carbons (Fsp3) is 0.286. The largest absolute Gasteiger partial charge is 0.490 e. The lowest BCUT2D eigenvalue weighted by Gasteiger charge is -2.14. The van der Waals surface area contributed by atoms with Gasteiger partial charge in [-0.2, -0.15) is 0 Å². The van der Waals surface area contributed by atoms with Crippen LogP contribution in [0.1, 0.15) is 12.7 Å². The van der Waals surface area contributed by atoms with Crippen molar-refractivity contribution in [3.63, 3.8) is 0 Å². The summed E-state index contributed by atoms with van der Waals surface area (Å²) in [6, 6.07) is 8.63. The number of hydrogen-bond acceptors (Lipinski definition) is 5. The molecule has 0 aliphatic rings. The van der Waals surface area contributed by atoms with Crippen molar-refractivity contribution >= 4 is 11.4 Å². The fourth-order valence-electron chi connectivity index (χ4n) is 1.99. The van der Waals surface area contributed by atoms with E-state index in [1.54, 1.807) is 18.4 Å². The molecule has 6 nitrogen and oxygen atoms in total. The minimum atomic E-state index is -0.457. The van der Waals surface area contributed by atoms with E-state index in [1.807, 2.05) is 19.1 Å². The van der Waals surface area contributed by atoms with E-state index in [2.05, 4.69) is 5.32 Å². The maximum Gasteiger partial charge on any atom is 0.312 e. The molecule has 1 atom stereocenters. The molecule has 6 heteroatoms. The Labute approximate surface area is 116 Å². The number of nitrogens with zero attached hydrogens (tertiary/aromatic N) is 1. The van der Waals surface area contributed by atoms with Gasteiger partial charge in [-0.3, -0.25) is 10.1 Å². The van der Waals surface area contributed by atoms with Gasteiger partial charge in [-0.25, -0.2) is 0 Å². The van der Waals surface area contributed by atoms with Crippen molar-refractivity contribution in [3.8, 4) is 5.75 Å². The van der Waals surface area contributed by atoms with Crippen molar-refractivity contribution in [1.29, 1.82) is 0 Å². The summed E-state index contributed by atoms with van der Waals surface area (Å²) in [6.45, 7) is 1.98. The van der Waals surface area contributed by atoms with Gasteiger partial charge >= 0.3 is 5.69 Å². The molecule has 1 aromatic heterocycles. The molecule has 0 aliphatic carbocycles. The van der Waals surface area contributed by atoms with Crippen LogP contribution >= 0.6 is 0 Å². The molecule has 2 rings (SSSR count). The maximum atomic E-state index is 11.0. The molecule has 1 heterocycles. The van der Waals surface area contributed by atoms with E-state index in [-0.39, 0.29) is 17.5 Å². The second-order valence-electron chi connectivity index (χ2n) is 4.47. The lowest BCUT2D eigenvalue weighted by atomic mass is 10.1.